The number of carbonyl (C=O) groups excluding carboxylic acids is 3. The average molecular weight is 244 g/mol. The lowest BCUT2D eigenvalue weighted by atomic mass is 9.88. The Morgan fingerprint density at radius 1 is 1.47 bits per heavy atom. The second-order valence-electron chi connectivity index (χ2n) is 4.03. The number of nitrogens with two attached hydrogens (primary N) is 1. The fourth-order valence-corrected chi connectivity index (χ4v) is 1.52. The molecule has 0 aromatic heterocycles. The predicted molar refractivity (Wildman–Crippen MR) is 61.6 cm³/mol. The molecule has 0 aliphatic heterocycles. The summed E-state index contributed by atoms with van der Waals surface area (Å²) in [6.45, 7) is 3.53. The van der Waals surface area contributed by atoms with Gasteiger partial charge in [-0.15, -0.1) is 0 Å². The first-order valence-corrected chi connectivity index (χ1v) is 5.67. The lowest BCUT2D eigenvalue weighted by Gasteiger charge is -2.21. The number of primary amides is 1. The van der Waals surface area contributed by atoms with Gasteiger partial charge in [-0.2, -0.15) is 0 Å². The molecule has 6 heteroatoms. The van der Waals surface area contributed by atoms with E-state index in [2.05, 4.69) is 5.32 Å². The summed E-state index contributed by atoms with van der Waals surface area (Å²) in [7, 11) is 0. The molecule has 0 aliphatic carbocycles. The Hall–Kier alpha value is -1.43. The second-order valence-corrected chi connectivity index (χ2v) is 4.03. The molecule has 17 heavy (non-hydrogen) atoms. The molecule has 0 aromatic rings. The molecule has 0 aliphatic rings. The SMILES string of the molecule is CCCCC(C(=O)NC(O)C=O)C(C)C(N)=O. The molecule has 6 nitrogen and oxygen atoms in total. The van der Waals surface area contributed by atoms with Gasteiger partial charge in [0.2, 0.25) is 11.8 Å². The molecule has 0 bridgehead atoms. The van der Waals surface area contributed by atoms with Crippen LogP contribution in [0.15, 0.2) is 0 Å². The third-order valence-electron chi connectivity index (χ3n) is 2.68. The quantitative estimate of drug-likeness (QED) is 0.396. The summed E-state index contributed by atoms with van der Waals surface area (Å²) in [6.07, 6.45) is 0.826. The van der Waals surface area contributed by atoms with Gasteiger partial charge in [-0.3, -0.25) is 14.4 Å². The molecule has 3 atom stereocenters. The fraction of sp³-hybridized carbons (Fsp3) is 0.727. The van der Waals surface area contributed by atoms with Crippen LogP contribution in [0, 0.1) is 11.8 Å². The van der Waals surface area contributed by atoms with Crippen molar-refractivity contribution in [2.24, 2.45) is 17.6 Å². The van der Waals surface area contributed by atoms with E-state index in [1.54, 1.807) is 6.92 Å². The smallest absolute Gasteiger partial charge is 0.226 e. The maximum atomic E-state index is 11.7. The van der Waals surface area contributed by atoms with Crippen molar-refractivity contribution in [2.75, 3.05) is 0 Å². The first kappa shape index (κ1) is 15.6. The Morgan fingerprint density at radius 2 is 2.06 bits per heavy atom. The van der Waals surface area contributed by atoms with Crippen LogP contribution in [0.4, 0.5) is 0 Å². The summed E-state index contributed by atoms with van der Waals surface area (Å²) >= 11 is 0. The van der Waals surface area contributed by atoms with Crippen molar-refractivity contribution in [1.82, 2.24) is 5.32 Å². The van der Waals surface area contributed by atoms with Gasteiger partial charge < -0.3 is 16.2 Å². The highest BCUT2D eigenvalue weighted by Crippen LogP contribution is 2.18. The van der Waals surface area contributed by atoms with Gasteiger partial charge in [-0.1, -0.05) is 26.7 Å². The molecule has 0 aromatic carbocycles. The van der Waals surface area contributed by atoms with Gasteiger partial charge in [-0.25, -0.2) is 0 Å². The number of carbonyl (C=O) groups is 3. The number of amides is 2. The molecule has 2 amide bonds. The zero-order chi connectivity index (χ0) is 13.4. The molecule has 0 radical (unpaired) electrons. The van der Waals surface area contributed by atoms with E-state index in [4.69, 9.17) is 10.8 Å². The van der Waals surface area contributed by atoms with Crippen molar-refractivity contribution < 1.29 is 19.5 Å². The van der Waals surface area contributed by atoms with Crippen LogP contribution in [-0.4, -0.2) is 29.4 Å². The first-order chi connectivity index (χ1) is 7.93. The Bertz CT molecular complexity index is 281. The Morgan fingerprint density at radius 3 is 2.47 bits per heavy atom. The van der Waals surface area contributed by atoms with Gasteiger partial charge in [0.05, 0.1) is 0 Å². The van der Waals surface area contributed by atoms with Crippen molar-refractivity contribution in [1.29, 1.82) is 0 Å². The summed E-state index contributed by atoms with van der Waals surface area (Å²) in [6, 6.07) is 0. The summed E-state index contributed by atoms with van der Waals surface area (Å²) in [5.74, 6) is -2.33. The lowest BCUT2D eigenvalue weighted by Crippen LogP contribution is -2.44. The lowest BCUT2D eigenvalue weighted by molar-refractivity contribution is -0.136. The van der Waals surface area contributed by atoms with Crippen LogP contribution >= 0.6 is 0 Å². The van der Waals surface area contributed by atoms with Gasteiger partial charge in [0.25, 0.3) is 0 Å². The zero-order valence-electron chi connectivity index (χ0n) is 10.2. The van der Waals surface area contributed by atoms with Crippen LogP contribution in [0.1, 0.15) is 33.1 Å². The van der Waals surface area contributed by atoms with Gasteiger partial charge >= 0.3 is 0 Å². The Labute approximate surface area is 101 Å². The molecule has 0 spiro atoms. The number of aliphatic hydroxyl groups excluding tert-OH is 1. The van der Waals surface area contributed by atoms with E-state index in [-0.39, 0.29) is 6.29 Å². The topological polar surface area (TPSA) is 109 Å². The molecule has 0 fully saturated rings. The number of hydrogen-bond donors (Lipinski definition) is 3. The molecule has 98 valence electrons. The minimum atomic E-state index is -1.54. The number of aliphatic hydroxyl groups is 1. The van der Waals surface area contributed by atoms with E-state index in [1.807, 2.05) is 6.92 Å². The molecule has 0 heterocycles. The third kappa shape index (κ3) is 5.44. The van der Waals surface area contributed by atoms with Crippen LogP contribution in [0.25, 0.3) is 0 Å². The predicted octanol–water partition coefficient (Wildman–Crippen LogP) is -0.452. The molecule has 0 saturated heterocycles. The van der Waals surface area contributed by atoms with Gasteiger partial charge in [0.15, 0.2) is 12.5 Å². The first-order valence-electron chi connectivity index (χ1n) is 5.67. The Balaban J connectivity index is 4.60. The minimum Gasteiger partial charge on any atom is -0.369 e. The van der Waals surface area contributed by atoms with Crippen LogP contribution in [0.2, 0.25) is 0 Å². The van der Waals surface area contributed by atoms with Crippen LogP contribution in [-0.2, 0) is 14.4 Å². The van der Waals surface area contributed by atoms with Crippen molar-refractivity contribution in [3.63, 3.8) is 0 Å². The molecular formula is C11H20N2O4. The highest BCUT2D eigenvalue weighted by molar-refractivity contribution is 5.87. The summed E-state index contributed by atoms with van der Waals surface area (Å²) in [4.78, 5) is 33.0. The van der Waals surface area contributed by atoms with Gasteiger partial charge in [0.1, 0.15) is 0 Å². The number of hydrogen-bond acceptors (Lipinski definition) is 4. The van der Waals surface area contributed by atoms with Crippen molar-refractivity contribution in [3.8, 4) is 0 Å². The monoisotopic (exact) mass is 244 g/mol. The van der Waals surface area contributed by atoms with Crippen molar-refractivity contribution in [3.05, 3.63) is 0 Å². The number of aldehydes is 1. The molecular weight excluding hydrogens is 224 g/mol. The highest BCUT2D eigenvalue weighted by atomic mass is 16.3. The summed E-state index contributed by atoms with van der Waals surface area (Å²) in [5.41, 5.74) is 5.16. The zero-order valence-corrected chi connectivity index (χ0v) is 10.2. The highest BCUT2D eigenvalue weighted by Gasteiger charge is 2.29. The van der Waals surface area contributed by atoms with Crippen molar-refractivity contribution in [2.45, 2.75) is 39.3 Å². The molecule has 0 saturated carbocycles. The van der Waals surface area contributed by atoms with E-state index in [9.17, 15) is 14.4 Å². The largest absolute Gasteiger partial charge is 0.369 e. The fourth-order valence-electron chi connectivity index (χ4n) is 1.52. The number of nitrogens with one attached hydrogen (secondary N) is 1. The second kappa shape index (κ2) is 7.78. The maximum Gasteiger partial charge on any atom is 0.226 e. The van der Waals surface area contributed by atoms with Gasteiger partial charge in [0, 0.05) is 11.8 Å². The van der Waals surface area contributed by atoms with Gasteiger partial charge in [-0.05, 0) is 6.42 Å². The van der Waals surface area contributed by atoms with Crippen LogP contribution in [0.5, 0.6) is 0 Å². The van der Waals surface area contributed by atoms with E-state index in [0.717, 1.165) is 12.8 Å². The van der Waals surface area contributed by atoms with E-state index in [1.165, 1.54) is 0 Å². The minimum absolute atomic E-state index is 0.212. The normalized spacial score (nSPS) is 15.7. The standard InChI is InChI=1S/C11H20N2O4/c1-3-4-5-8(7(2)10(12)16)11(17)13-9(15)6-14/h6-9,15H,3-5H2,1-2H3,(H2,12,16)(H,13,17). The van der Waals surface area contributed by atoms with Crippen LogP contribution < -0.4 is 11.1 Å². The van der Waals surface area contributed by atoms with Crippen molar-refractivity contribution >= 4 is 18.1 Å². The van der Waals surface area contributed by atoms with Crippen LogP contribution in [0.3, 0.4) is 0 Å². The van der Waals surface area contributed by atoms with E-state index >= 15 is 0 Å². The maximum absolute atomic E-state index is 11.7. The van der Waals surface area contributed by atoms with E-state index in [0.29, 0.717) is 6.42 Å². The average Bonchev–Trinajstić information content (AvgIpc) is 2.28. The number of unbranched alkanes of at least 4 members (excludes halogenated alkanes) is 1. The molecule has 0 rings (SSSR count). The Kier molecular flexibility index (Phi) is 7.13. The third-order valence-corrected chi connectivity index (χ3v) is 2.68. The summed E-state index contributed by atoms with van der Waals surface area (Å²) in [5, 5.41) is 11.1. The molecule has 4 N–H and O–H groups in total. The number of rotatable bonds is 8. The summed E-state index contributed by atoms with van der Waals surface area (Å²) < 4.78 is 0. The van der Waals surface area contributed by atoms with E-state index < -0.39 is 29.9 Å². The molecule has 3 unspecified atom stereocenters.